The first-order chi connectivity index (χ1) is 16.6. The predicted octanol–water partition coefficient (Wildman–Crippen LogP) is 0.155. The molecule has 0 radical (unpaired) electrons. The second kappa shape index (κ2) is 10.9. The number of ether oxygens (including phenoxy) is 3. The summed E-state index contributed by atoms with van der Waals surface area (Å²) in [5.74, 6) is -2.67. The molecule has 188 valence electrons. The summed E-state index contributed by atoms with van der Waals surface area (Å²) in [7, 11) is 1.25. The van der Waals surface area contributed by atoms with Crippen molar-refractivity contribution in [3.8, 4) is 0 Å². The van der Waals surface area contributed by atoms with Gasteiger partial charge in [-0.05, 0) is 12.1 Å². The first-order valence-corrected chi connectivity index (χ1v) is 11.0. The van der Waals surface area contributed by atoms with E-state index in [2.05, 4.69) is 15.3 Å². The Balaban J connectivity index is 2.00. The number of β-lactam (4-membered cyclic amide) rings is 1. The molecule has 2 aliphatic rings. The molecule has 3 heterocycles. The SMILES string of the molecule is CON=CC(=O)N[C@@H]1C(=O)N2C(C(=O)OC(C)OC(C)=O)=C(COC(N)=O)C(c3ccco3)S[C@H]12. The number of esters is 2. The zero-order chi connectivity index (χ0) is 25.7. The van der Waals surface area contributed by atoms with E-state index >= 15 is 0 Å². The Bertz CT molecular complexity index is 1070. The molecule has 3 N–H and O–H groups in total. The van der Waals surface area contributed by atoms with E-state index in [4.69, 9.17) is 24.4 Å². The number of hydrogen-bond acceptors (Lipinski definition) is 12. The Morgan fingerprint density at radius 2 is 2.09 bits per heavy atom. The number of nitrogens with two attached hydrogens (primary N) is 1. The third-order valence-corrected chi connectivity index (χ3v) is 6.27. The van der Waals surface area contributed by atoms with Crippen LogP contribution in [0.1, 0.15) is 24.9 Å². The number of oxime groups is 1. The molecule has 2 aliphatic heterocycles. The molecule has 15 heteroatoms. The fraction of sp³-hybridized carbons (Fsp3) is 0.400. The van der Waals surface area contributed by atoms with Crippen molar-refractivity contribution in [3.05, 3.63) is 35.4 Å². The first-order valence-electron chi connectivity index (χ1n) is 10.1. The molecule has 0 saturated carbocycles. The van der Waals surface area contributed by atoms with Crippen LogP contribution in [0.3, 0.4) is 0 Å². The third-order valence-electron chi connectivity index (χ3n) is 4.72. The van der Waals surface area contributed by atoms with Gasteiger partial charge in [-0.1, -0.05) is 5.16 Å². The van der Waals surface area contributed by atoms with Gasteiger partial charge < -0.3 is 34.5 Å². The van der Waals surface area contributed by atoms with E-state index in [1.54, 1.807) is 12.1 Å². The number of thioether (sulfide) groups is 1. The maximum absolute atomic E-state index is 13.2. The number of nitrogens with zero attached hydrogens (tertiary/aromatic N) is 2. The van der Waals surface area contributed by atoms with E-state index in [1.807, 2.05) is 0 Å². The second-order valence-corrected chi connectivity index (χ2v) is 8.32. The zero-order valence-corrected chi connectivity index (χ0v) is 19.6. The lowest BCUT2D eigenvalue weighted by Crippen LogP contribution is -2.71. The Morgan fingerprint density at radius 1 is 1.34 bits per heavy atom. The number of rotatable bonds is 9. The van der Waals surface area contributed by atoms with Crippen molar-refractivity contribution in [2.75, 3.05) is 13.7 Å². The van der Waals surface area contributed by atoms with Gasteiger partial charge in [0.05, 0.1) is 11.5 Å². The Morgan fingerprint density at radius 3 is 2.69 bits per heavy atom. The van der Waals surface area contributed by atoms with Crippen LogP contribution in [0.15, 0.2) is 39.2 Å². The molecule has 1 aromatic rings. The maximum Gasteiger partial charge on any atom is 0.404 e. The molecule has 2 unspecified atom stereocenters. The summed E-state index contributed by atoms with van der Waals surface area (Å²) in [6, 6.07) is 2.21. The summed E-state index contributed by atoms with van der Waals surface area (Å²) in [4.78, 5) is 66.3. The van der Waals surface area contributed by atoms with E-state index in [9.17, 15) is 24.0 Å². The molecule has 1 fully saturated rings. The Labute approximate surface area is 202 Å². The third kappa shape index (κ3) is 5.74. The van der Waals surface area contributed by atoms with Crippen molar-refractivity contribution in [2.24, 2.45) is 10.9 Å². The number of primary amides is 1. The monoisotopic (exact) mass is 510 g/mol. The highest BCUT2D eigenvalue weighted by molar-refractivity contribution is 8.00. The Hall–Kier alpha value is -4.01. The van der Waals surface area contributed by atoms with Gasteiger partial charge in [0.25, 0.3) is 11.8 Å². The number of furan rings is 1. The van der Waals surface area contributed by atoms with Crippen LogP contribution in [0, 0.1) is 0 Å². The molecule has 0 aliphatic carbocycles. The fourth-order valence-corrected chi connectivity index (χ4v) is 5.00. The maximum atomic E-state index is 13.2. The number of carbonyl (C=O) groups is 5. The number of carbonyl (C=O) groups excluding carboxylic acids is 5. The summed E-state index contributed by atoms with van der Waals surface area (Å²) in [6.45, 7) is 1.98. The van der Waals surface area contributed by atoms with Crippen LogP contribution in [0.5, 0.6) is 0 Å². The molecule has 1 saturated heterocycles. The van der Waals surface area contributed by atoms with Gasteiger partial charge in [-0.3, -0.25) is 19.3 Å². The summed E-state index contributed by atoms with van der Waals surface area (Å²) in [5, 5.41) is 4.36. The topological polar surface area (TPSA) is 189 Å². The fourth-order valence-electron chi connectivity index (χ4n) is 3.43. The zero-order valence-electron chi connectivity index (χ0n) is 18.8. The number of amides is 3. The molecule has 0 bridgehead atoms. The van der Waals surface area contributed by atoms with Crippen molar-refractivity contribution in [1.29, 1.82) is 0 Å². The lowest BCUT2D eigenvalue weighted by atomic mass is 9.99. The molecule has 1 aromatic heterocycles. The summed E-state index contributed by atoms with van der Waals surface area (Å²) in [5.41, 5.74) is 5.01. The average molecular weight is 510 g/mol. The Kier molecular flexibility index (Phi) is 8.01. The molecular formula is C20H22N4O10S. The predicted molar refractivity (Wildman–Crippen MR) is 117 cm³/mol. The smallest absolute Gasteiger partial charge is 0.404 e. The molecule has 4 atom stereocenters. The quantitative estimate of drug-likeness (QED) is 0.151. The number of hydrogen-bond donors (Lipinski definition) is 2. The normalized spacial score (nSPS) is 22.1. The van der Waals surface area contributed by atoms with Crippen LogP contribution in [-0.4, -0.2) is 72.4 Å². The molecule has 35 heavy (non-hydrogen) atoms. The van der Waals surface area contributed by atoms with Crippen LogP contribution in [0.25, 0.3) is 0 Å². The highest BCUT2D eigenvalue weighted by Gasteiger charge is 2.57. The standard InChI is InChI=1S/C20H22N4O10S/c1-9(25)33-10(2)34-19(28)15-11(8-32-20(21)29)16(12-5-4-6-31-12)35-18-14(17(27)24(15)18)23-13(26)7-22-30-3/h4-7,10,14,16,18H,8H2,1-3H3,(H2,21,29)(H,23,26)/t10?,14-,16?,18-/m1/s1. The highest BCUT2D eigenvalue weighted by atomic mass is 32.2. The van der Waals surface area contributed by atoms with E-state index in [-0.39, 0.29) is 11.3 Å². The van der Waals surface area contributed by atoms with Gasteiger partial charge >= 0.3 is 18.0 Å². The summed E-state index contributed by atoms with van der Waals surface area (Å²) >= 11 is 1.16. The molecule has 0 spiro atoms. The van der Waals surface area contributed by atoms with Gasteiger partial charge in [-0.2, -0.15) is 0 Å². The molecule has 3 amide bonds. The van der Waals surface area contributed by atoms with Gasteiger partial charge in [0.1, 0.15) is 42.8 Å². The molecule has 14 nitrogen and oxygen atoms in total. The second-order valence-electron chi connectivity index (χ2n) is 7.10. The number of fused-ring (bicyclic) bond motifs is 1. The van der Waals surface area contributed by atoms with E-state index < -0.39 is 59.4 Å². The van der Waals surface area contributed by atoms with E-state index in [0.29, 0.717) is 5.76 Å². The van der Waals surface area contributed by atoms with Crippen LogP contribution < -0.4 is 11.1 Å². The van der Waals surface area contributed by atoms with Gasteiger partial charge in [0, 0.05) is 19.4 Å². The van der Waals surface area contributed by atoms with Crippen molar-refractivity contribution >= 4 is 47.8 Å². The van der Waals surface area contributed by atoms with Crippen molar-refractivity contribution in [2.45, 2.75) is 36.8 Å². The first kappa shape index (κ1) is 25.6. The molecular weight excluding hydrogens is 488 g/mol. The molecule has 0 aromatic carbocycles. The average Bonchev–Trinajstić information content (AvgIpc) is 3.32. The summed E-state index contributed by atoms with van der Waals surface area (Å²) in [6.07, 6.45) is -0.132. The van der Waals surface area contributed by atoms with Gasteiger partial charge in [-0.15, -0.1) is 11.8 Å². The largest absolute Gasteiger partial charge is 0.468 e. The summed E-state index contributed by atoms with van der Waals surface area (Å²) < 4.78 is 20.5. The lowest BCUT2D eigenvalue weighted by Gasteiger charge is -2.51. The minimum absolute atomic E-state index is 0.152. The minimum atomic E-state index is -1.28. The van der Waals surface area contributed by atoms with Crippen molar-refractivity contribution in [1.82, 2.24) is 10.2 Å². The van der Waals surface area contributed by atoms with Gasteiger partial charge in [0.15, 0.2) is 0 Å². The molecule has 3 rings (SSSR count). The van der Waals surface area contributed by atoms with Crippen LogP contribution >= 0.6 is 11.8 Å². The van der Waals surface area contributed by atoms with E-state index in [1.165, 1.54) is 20.3 Å². The highest BCUT2D eigenvalue weighted by Crippen LogP contribution is 2.51. The number of nitrogens with one attached hydrogen (secondary N) is 1. The lowest BCUT2D eigenvalue weighted by molar-refractivity contribution is -0.182. The van der Waals surface area contributed by atoms with Crippen molar-refractivity contribution in [3.63, 3.8) is 0 Å². The van der Waals surface area contributed by atoms with Crippen molar-refractivity contribution < 1.29 is 47.4 Å². The van der Waals surface area contributed by atoms with Gasteiger partial charge in [-0.25, -0.2) is 9.59 Å². The van der Waals surface area contributed by atoms with Crippen LogP contribution in [0.4, 0.5) is 4.79 Å². The van der Waals surface area contributed by atoms with Crippen LogP contribution in [0.2, 0.25) is 0 Å². The van der Waals surface area contributed by atoms with Crippen LogP contribution in [-0.2, 0) is 38.2 Å². The minimum Gasteiger partial charge on any atom is -0.468 e. The van der Waals surface area contributed by atoms with E-state index in [0.717, 1.165) is 29.8 Å². The van der Waals surface area contributed by atoms with Gasteiger partial charge in [0.2, 0.25) is 6.29 Å².